The van der Waals surface area contributed by atoms with Crippen molar-refractivity contribution >= 4 is 0 Å². The smallest absolute Gasteiger partial charge is 0.126 e. The Morgan fingerprint density at radius 3 is 2.04 bits per heavy atom. The molecule has 0 bridgehead atoms. The fraction of sp³-hybridized carbons (Fsp3) is 0.429. The number of ether oxygens (including phenoxy) is 1. The van der Waals surface area contributed by atoms with E-state index in [4.69, 9.17) is 14.9 Å². The second kappa shape index (κ2) is 11.1. The molecule has 0 unspecified atom stereocenters. The van der Waals surface area contributed by atoms with Gasteiger partial charge in [-0.25, -0.2) is 0 Å². The van der Waals surface area contributed by atoms with Crippen molar-refractivity contribution in [1.29, 1.82) is 0 Å². The van der Waals surface area contributed by atoms with E-state index in [1.165, 1.54) is 5.56 Å². The minimum atomic E-state index is -0.667. The third-order valence-corrected chi connectivity index (χ3v) is 4.39. The van der Waals surface area contributed by atoms with Crippen molar-refractivity contribution in [2.24, 2.45) is 0 Å². The molecule has 2 aromatic carbocycles. The van der Waals surface area contributed by atoms with E-state index in [9.17, 15) is 5.11 Å². The van der Waals surface area contributed by atoms with Gasteiger partial charge in [0, 0.05) is 0 Å². The van der Waals surface area contributed by atoms with Gasteiger partial charge in [-0.3, -0.25) is 0 Å². The van der Waals surface area contributed by atoms with Crippen molar-refractivity contribution in [2.75, 3.05) is 39.5 Å². The molecule has 0 aromatic heterocycles. The molecular formula is C21H30NO4+. The third-order valence-electron chi connectivity index (χ3n) is 4.39. The summed E-state index contributed by atoms with van der Waals surface area (Å²) in [6.45, 7) is 3.71. The van der Waals surface area contributed by atoms with Crippen molar-refractivity contribution in [3.63, 3.8) is 0 Å². The van der Waals surface area contributed by atoms with Crippen molar-refractivity contribution in [3.05, 3.63) is 71.3 Å². The minimum Gasteiger partial charge on any atom is -0.391 e. The highest BCUT2D eigenvalue weighted by Gasteiger charge is 2.19. The van der Waals surface area contributed by atoms with Crippen LogP contribution in [-0.4, -0.2) is 60.9 Å². The number of aliphatic hydroxyl groups is 3. The van der Waals surface area contributed by atoms with Crippen LogP contribution in [0.4, 0.5) is 0 Å². The molecular weight excluding hydrogens is 330 g/mol. The highest BCUT2D eigenvalue weighted by Crippen LogP contribution is 2.26. The van der Waals surface area contributed by atoms with Crippen LogP contribution in [0.2, 0.25) is 0 Å². The standard InChI is InChI=1S/C21H29NO4/c1-17-7-9-19(10-8-17)21(18-5-3-2-4-6-18)26-16-20(25)15-22(11-13-23)12-14-24/h2-10,20-21,23-25H,11-16H2,1H3/p+1/t20-,21-/m1/s1. The molecule has 0 aliphatic rings. The lowest BCUT2D eigenvalue weighted by molar-refractivity contribution is -0.904. The van der Waals surface area contributed by atoms with Gasteiger partial charge in [0.25, 0.3) is 0 Å². The average molecular weight is 360 g/mol. The summed E-state index contributed by atoms with van der Waals surface area (Å²) >= 11 is 0. The maximum absolute atomic E-state index is 10.4. The molecule has 142 valence electrons. The van der Waals surface area contributed by atoms with Crippen LogP contribution >= 0.6 is 0 Å². The minimum absolute atomic E-state index is 0.0267. The Hall–Kier alpha value is -1.76. The summed E-state index contributed by atoms with van der Waals surface area (Å²) in [6.07, 6.45) is -0.912. The van der Waals surface area contributed by atoms with Crippen LogP contribution in [0.25, 0.3) is 0 Å². The summed E-state index contributed by atoms with van der Waals surface area (Å²) in [5, 5.41) is 28.5. The van der Waals surface area contributed by atoms with Crippen LogP contribution in [0.3, 0.4) is 0 Å². The van der Waals surface area contributed by atoms with Gasteiger partial charge in [0.15, 0.2) is 0 Å². The van der Waals surface area contributed by atoms with E-state index in [2.05, 4.69) is 24.3 Å². The van der Waals surface area contributed by atoms with E-state index >= 15 is 0 Å². The number of hydrogen-bond donors (Lipinski definition) is 4. The van der Waals surface area contributed by atoms with E-state index in [0.717, 1.165) is 16.0 Å². The van der Waals surface area contributed by atoms with Gasteiger partial charge in [-0.1, -0.05) is 60.2 Å². The van der Waals surface area contributed by atoms with Crippen LogP contribution in [0.15, 0.2) is 54.6 Å². The lowest BCUT2D eigenvalue weighted by Gasteiger charge is -2.24. The molecule has 4 N–H and O–H groups in total. The quantitative estimate of drug-likeness (QED) is 0.466. The van der Waals surface area contributed by atoms with Gasteiger partial charge < -0.3 is 25.0 Å². The van der Waals surface area contributed by atoms with Crippen molar-refractivity contribution < 1.29 is 25.0 Å². The first-order chi connectivity index (χ1) is 12.6. The predicted octanol–water partition coefficient (Wildman–Crippen LogP) is 0.331. The zero-order valence-electron chi connectivity index (χ0n) is 15.3. The number of hydrogen-bond acceptors (Lipinski definition) is 4. The molecule has 2 aromatic rings. The van der Waals surface area contributed by atoms with Gasteiger partial charge in [0.2, 0.25) is 0 Å². The van der Waals surface area contributed by atoms with Crippen LogP contribution < -0.4 is 4.90 Å². The number of nitrogens with one attached hydrogen (secondary N) is 1. The van der Waals surface area contributed by atoms with Gasteiger partial charge in [-0.2, -0.15) is 0 Å². The lowest BCUT2D eigenvalue weighted by Crippen LogP contribution is -3.14. The van der Waals surface area contributed by atoms with Crippen molar-refractivity contribution in [2.45, 2.75) is 19.1 Å². The first kappa shape index (κ1) is 20.6. The molecule has 0 aliphatic carbocycles. The highest BCUT2D eigenvalue weighted by atomic mass is 16.5. The molecule has 0 saturated carbocycles. The molecule has 0 spiro atoms. The molecule has 26 heavy (non-hydrogen) atoms. The van der Waals surface area contributed by atoms with Gasteiger partial charge in [-0.05, 0) is 18.1 Å². The van der Waals surface area contributed by atoms with Crippen LogP contribution in [0.5, 0.6) is 0 Å². The van der Waals surface area contributed by atoms with Crippen LogP contribution in [0.1, 0.15) is 22.8 Å². The second-order valence-corrected chi connectivity index (χ2v) is 6.59. The second-order valence-electron chi connectivity index (χ2n) is 6.59. The van der Waals surface area contributed by atoms with E-state index in [0.29, 0.717) is 19.6 Å². The zero-order valence-corrected chi connectivity index (χ0v) is 15.3. The predicted molar refractivity (Wildman–Crippen MR) is 101 cm³/mol. The van der Waals surface area contributed by atoms with Gasteiger partial charge in [-0.15, -0.1) is 0 Å². The molecule has 0 amide bonds. The number of aliphatic hydroxyl groups excluding tert-OH is 3. The highest BCUT2D eigenvalue weighted by molar-refractivity contribution is 5.31. The average Bonchev–Trinajstić information content (AvgIpc) is 2.64. The molecule has 5 heteroatoms. The molecule has 2 rings (SSSR count). The molecule has 0 radical (unpaired) electrons. The van der Waals surface area contributed by atoms with E-state index in [-0.39, 0.29) is 25.9 Å². The third kappa shape index (κ3) is 6.52. The van der Waals surface area contributed by atoms with Gasteiger partial charge in [0.1, 0.15) is 31.8 Å². The summed E-state index contributed by atoms with van der Waals surface area (Å²) in [5.74, 6) is 0. The summed E-state index contributed by atoms with van der Waals surface area (Å²) in [7, 11) is 0. The first-order valence-electron chi connectivity index (χ1n) is 9.10. The lowest BCUT2D eigenvalue weighted by atomic mass is 10.0. The van der Waals surface area contributed by atoms with E-state index in [1.54, 1.807) is 0 Å². The topological polar surface area (TPSA) is 74.4 Å². The molecule has 0 aliphatic heterocycles. The van der Waals surface area contributed by atoms with E-state index in [1.807, 2.05) is 37.3 Å². The number of benzene rings is 2. The van der Waals surface area contributed by atoms with Crippen LogP contribution in [0, 0.1) is 6.92 Å². The zero-order chi connectivity index (χ0) is 18.8. The Balaban J connectivity index is 2.04. The monoisotopic (exact) mass is 360 g/mol. The molecule has 0 heterocycles. The number of aryl methyl sites for hydroxylation is 1. The summed E-state index contributed by atoms with van der Waals surface area (Å²) in [6, 6.07) is 18.2. The Kier molecular flexibility index (Phi) is 8.74. The largest absolute Gasteiger partial charge is 0.391 e. The first-order valence-corrected chi connectivity index (χ1v) is 9.10. The summed E-state index contributed by atoms with van der Waals surface area (Å²) < 4.78 is 6.08. The fourth-order valence-corrected chi connectivity index (χ4v) is 3.00. The number of rotatable bonds is 11. The number of quaternary nitrogens is 1. The van der Waals surface area contributed by atoms with Crippen LogP contribution in [-0.2, 0) is 4.74 Å². The van der Waals surface area contributed by atoms with Gasteiger partial charge >= 0.3 is 0 Å². The van der Waals surface area contributed by atoms with Gasteiger partial charge in [0.05, 0.1) is 19.8 Å². The Morgan fingerprint density at radius 1 is 0.885 bits per heavy atom. The Labute approximate surface area is 155 Å². The Morgan fingerprint density at radius 2 is 1.46 bits per heavy atom. The maximum Gasteiger partial charge on any atom is 0.126 e. The van der Waals surface area contributed by atoms with Crippen molar-refractivity contribution in [3.8, 4) is 0 Å². The normalized spacial score (nSPS) is 13.7. The molecule has 0 fully saturated rings. The van der Waals surface area contributed by atoms with Crippen molar-refractivity contribution in [1.82, 2.24) is 0 Å². The maximum atomic E-state index is 10.4. The van der Waals surface area contributed by atoms with E-state index < -0.39 is 6.10 Å². The molecule has 2 atom stereocenters. The Bertz CT molecular complexity index is 612. The fourth-order valence-electron chi connectivity index (χ4n) is 3.00. The molecule has 0 saturated heterocycles. The molecule has 5 nitrogen and oxygen atoms in total. The summed E-state index contributed by atoms with van der Waals surface area (Å²) in [4.78, 5) is 0.956. The SMILES string of the molecule is Cc1ccc([C@H](OC[C@H](O)C[NH+](CCO)CCO)c2ccccc2)cc1. The summed E-state index contributed by atoms with van der Waals surface area (Å²) in [5.41, 5.74) is 3.27.